The van der Waals surface area contributed by atoms with Gasteiger partial charge in [-0.1, -0.05) is 18.2 Å². The average molecular weight is 328 g/mol. The van der Waals surface area contributed by atoms with E-state index in [0.717, 1.165) is 4.88 Å². The number of oxazole rings is 1. The zero-order valence-corrected chi connectivity index (χ0v) is 12.9. The van der Waals surface area contributed by atoms with Crippen LogP contribution in [0, 0.1) is 6.92 Å². The first kappa shape index (κ1) is 14.9. The second-order valence-corrected chi connectivity index (χ2v) is 5.82. The van der Waals surface area contributed by atoms with Crippen molar-refractivity contribution in [2.24, 2.45) is 0 Å². The lowest BCUT2D eigenvalue weighted by Gasteiger charge is -1.99. The van der Waals surface area contributed by atoms with Gasteiger partial charge >= 0.3 is 6.01 Å². The second-order valence-electron chi connectivity index (χ2n) is 4.59. The number of hydrogen-bond donors (Lipinski definition) is 2. The van der Waals surface area contributed by atoms with Crippen molar-refractivity contribution in [2.75, 3.05) is 10.6 Å². The molecule has 0 aliphatic rings. The van der Waals surface area contributed by atoms with E-state index in [4.69, 9.17) is 4.42 Å². The summed E-state index contributed by atoms with van der Waals surface area (Å²) in [7, 11) is 0. The zero-order chi connectivity index (χ0) is 16.2. The molecule has 1 aromatic carbocycles. The van der Waals surface area contributed by atoms with E-state index in [-0.39, 0.29) is 17.6 Å². The number of anilines is 2. The van der Waals surface area contributed by atoms with Gasteiger partial charge in [0.15, 0.2) is 10.8 Å². The number of carbonyl (C=O) groups excluding carboxylic acids is 2. The van der Waals surface area contributed by atoms with Crippen molar-refractivity contribution < 1.29 is 14.0 Å². The van der Waals surface area contributed by atoms with Crippen LogP contribution in [0.4, 0.5) is 11.1 Å². The van der Waals surface area contributed by atoms with Crippen LogP contribution in [0.1, 0.15) is 25.7 Å². The molecule has 2 amide bonds. The monoisotopic (exact) mass is 328 g/mol. The fraction of sp³-hybridized carbons (Fsp3) is 0.0667. The summed E-state index contributed by atoms with van der Waals surface area (Å²) < 4.78 is 5.10. The Morgan fingerprint density at radius 2 is 1.91 bits per heavy atom. The van der Waals surface area contributed by atoms with Gasteiger partial charge in [-0.25, -0.2) is 4.98 Å². The van der Waals surface area contributed by atoms with Gasteiger partial charge in [0.25, 0.3) is 11.8 Å². The summed E-state index contributed by atoms with van der Waals surface area (Å²) in [6.45, 7) is 1.89. The highest BCUT2D eigenvalue weighted by Crippen LogP contribution is 2.18. The zero-order valence-electron chi connectivity index (χ0n) is 12.1. The fourth-order valence-electron chi connectivity index (χ4n) is 1.77. The SMILES string of the molecule is Cc1cnc(NC(=O)c2coc(NC(=O)c3ccccc3)n2)s1. The fourth-order valence-corrected chi connectivity index (χ4v) is 2.43. The van der Waals surface area contributed by atoms with Crippen LogP contribution >= 0.6 is 11.3 Å². The molecule has 0 atom stereocenters. The van der Waals surface area contributed by atoms with Gasteiger partial charge in [-0.2, -0.15) is 4.98 Å². The van der Waals surface area contributed by atoms with Crippen molar-refractivity contribution in [3.8, 4) is 0 Å². The molecule has 0 unspecified atom stereocenters. The van der Waals surface area contributed by atoms with Crippen LogP contribution < -0.4 is 10.6 Å². The van der Waals surface area contributed by atoms with Crippen molar-refractivity contribution in [3.05, 3.63) is 58.9 Å². The quantitative estimate of drug-likeness (QED) is 0.767. The van der Waals surface area contributed by atoms with E-state index in [1.807, 2.05) is 13.0 Å². The Balaban J connectivity index is 1.66. The first-order chi connectivity index (χ1) is 11.1. The summed E-state index contributed by atoms with van der Waals surface area (Å²) >= 11 is 1.35. The van der Waals surface area contributed by atoms with Crippen LogP contribution in [0.3, 0.4) is 0 Å². The Hall–Kier alpha value is -3.00. The van der Waals surface area contributed by atoms with Crippen LogP contribution in [0.25, 0.3) is 0 Å². The molecule has 2 aromatic heterocycles. The molecule has 8 heteroatoms. The Labute approximate surface area is 135 Å². The topological polar surface area (TPSA) is 97.1 Å². The Bertz CT molecular complexity index is 841. The summed E-state index contributed by atoms with van der Waals surface area (Å²) in [5, 5.41) is 5.58. The number of benzene rings is 1. The van der Waals surface area contributed by atoms with Crippen molar-refractivity contribution in [1.29, 1.82) is 0 Å². The number of amides is 2. The lowest BCUT2D eigenvalue weighted by molar-refractivity contribution is 0.101. The molecule has 0 aliphatic carbocycles. The lowest BCUT2D eigenvalue weighted by atomic mass is 10.2. The summed E-state index contributed by atoms with van der Waals surface area (Å²) in [5.74, 6) is -0.821. The molecule has 0 saturated carbocycles. The number of aromatic nitrogens is 2. The molecule has 0 bridgehead atoms. The third-order valence-electron chi connectivity index (χ3n) is 2.83. The highest BCUT2D eigenvalue weighted by Gasteiger charge is 2.15. The molecule has 3 rings (SSSR count). The minimum absolute atomic E-state index is 0.0423. The summed E-state index contributed by atoms with van der Waals surface area (Å²) in [4.78, 5) is 32.9. The molecule has 116 valence electrons. The van der Waals surface area contributed by atoms with Crippen molar-refractivity contribution in [2.45, 2.75) is 6.92 Å². The smallest absolute Gasteiger partial charge is 0.302 e. The van der Waals surface area contributed by atoms with Crippen molar-refractivity contribution in [1.82, 2.24) is 9.97 Å². The Morgan fingerprint density at radius 3 is 2.61 bits per heavy atom. The molecule has 2 heterocycles. The molecule has 3 aromatic rings. The number of hydrogen-bond acceptors (Lipinski definition) is 6. The molecule has 2 N–H and O–H groups in total. The predicted molar refractivity (Wildman–Crippen MR) is 85.7 cm³/mol. The number of thiazole rings is 1. The molecule has 0 fully saturated rings. The first-order valence-corrected chi connectivity index (χ1v) is 7.49. The summed E-state index contributed by atoms with van der Waals surface area (Å²) in [6.07, 6.45) is 2.84. The minimum Gasteiger partial charge on any atom is -0.431 e. The van der Waals surface area contributed by atoms with Gasteiger partial charge in [-0.05, 0) is 19.1 Å². The number of carbonyl (C=O) groups is 2. The molecule has 0 saturated heterocycles. The van der Waals surface area contributed by atoms with E-state index in [9.17, 15) is 9.59 Å². The normalized spacial score (nSPS) is 10.3. The highest BCUT2D eigenvalue weighted by molar-refractivity contribution is 7.15. The molecular weight excluding hydrogens is 316 g/mol. The molecular formula is C15H12N4O3S. The summed E-state index contributed by atoms with van der Waals surface area (Å²) in [5.41, 5.74) is 0.524. The van der Waals surface area contributed by atoms with E-state index in [1.165, 1.54) is 17.6 Å². The maximum atomic E-state index is 12.0. The minimum atomic E-state index is -0.455. The van der Waals surface area contributed by atoms with Crippen molar-refractivity contribution in [3.63, 3.8) is 0 Å². The molecule has 23 heavy (non-hydrogen) atoms. The van der Waals surface area contributed by atoms with Crippen LogP contribution in [-0.2, 0) is 0 Å². The van der Waals surface area contributed by atoms with Gasteiger partial charge in [0.1, 0.15) is 6.26 Å². The second kappa shape index (κ2) is 6.41. The number of rotatable bonds is 4. The maximum absolute atomic E-state index is 12.0. The Kier molecular flexibility index (Phi) is 4.15. The van der Waals surface area contributed by atoms with E-state index < -0.39 is 5.91 Å². The van der Waals surface area contributed by atoms with Crippen LogP contribution in [0.5, 0.6) is 0 Å². The maximum Gasteiger partial charge on any atom is 0.302 e. The molecule has 0 radical (unpaired) electrons. The number of aryl methyl sites for hydroxylation is 1. The number of nitrogens with one attached hydrogen (secondary N) is 2. The standard InChI is InChI=1S/C15H12N4O3S/c1-9-7-16-15(23-9)19-13(21)11-8-22-14(17-11)18-12(20)10-5-3-2-4-6-10/h2-8H,1H3,(H,16,19,21)(H,17,18,20). The van der Waals surface area contributed by atoms with Gasteiger partial charge in [-0.3, -0.25) is 20.2 Å². The summed E-state index contributed by atoms with van der Waals surface area (Å²) in [6, 6.07) is 8.59. The largest absolute Gasteiger partial charge is 0.431 e. The molecule has 0 aliphatic heterocycles. The number of nitrogens with zero attached hydrogens (tertiary/aromatic N) is 2. The molecule has 7 nitrogen and oxygen atoms in total. The van der Waals surface area contributed by atoms with E-state index >= 15 is 0 Å². The van der Waals surface area contributed by atoms with Gasteiger partial charge in [0.2, 0.25) is 0 Å². The third kappa shape index (κ3) is 3.61. The van der Waals surface area contributed by atoms with Crippen LogP contribution in [0.15, 0.2) is 47.2 Å². The Morgan fingerprint density at radius 1 is 1.13 bits per heavy atom. The third-order valence-corrected chi connectivity index (χ3v) is 3.66. The van der Waals surface area contributed by atoms with Gasteiger partial charge in [0, 0.05) is 16.6 Å². The van der Waals surface area contributed by atoms with Gasteiger partial charge in [-0.15, -0.1) is 11.3 Å². The predicted octanol–water partition coefficient (Wildman–Crippen LogP) is 2.94. The highest BCUT2D eigenvalue weighted by atomic mass is 32.1. The molecule has 0 spiro atoms. The van der Waals surface area contributed by atoms with Crippen molar-refractivity contribution >= 4 is 34.3 Å². The van der Waals surface area contributed by atoms with Crippen LogP contribution in [0.2, 0.25) is 0 Å². The van der Waals surface area contributed by atoms with E-state index in [2.05, 4.69) is 20.6 Å². The van der Waals surface area contributed by atoms with Gasteiger partial charge in [0.05, 0.1) is 0 Å². The van der Waals surface area contributed by atoms with Gasteiger partial charge < -0.3 is 4.42 Å². The van der Waals surface area contributed by atoms with E-state index in [1.54, 1.807) is 30.5 Å². The lowest BCUT2D eigenvalue weighted by Crippen LogP contribution is -2.14. The average Bonchev–Trinajstić information content (AvgIpc) is 3.17. The first-order valence-electron chi connectivity index (χ1n) is 6.67. The van der Waals surface area contributed by atoms with Crippen LogP contribution in [-0.4, -0.2) is 21.8 Å². The van der Waals surface area contributed by atoms with E-state index in [0.29, 0.717) is 10.7 Å².